The first kappa shape index (κ1) is 17.2. The summed E-state index contributed by atoms with van der Waals surface area (Å²) in [7, 11) is 0. The molecule has 0 spiro atoms. The van der Waals surface area contributed by atoms with Crippen molar-refractivity contribution in [1.29, 1.82) is 0 Å². The third-order valence-electron chi connectivity index (χ3n) is 4.56. The van der Waals surface area contributed by atoms with Crippen LogP contribution in [0.15, 0.2) is 41.3 Å². The minimum absolute atomic E-state index is 0.0513. The van der Waals surface area contributed by atoms with Crippen molar-refractivity contribution in [2.75, 3.05) is 24.6 Å². The monoisotopic (exact) mass is 341 g/mol. The Kier molecular flexibility index (Phi) is 5.48. The number of aromatic nitrogens is 2. The number of H-pyrrole nitrogens is 1. The lowest BCUT2D eigenvalue weighted by Crippen LogP contribution is -2.37. The van der Waals surface area contributed by atoms with E-state index >= 15 is 0 Å². The van der Waals surface area contributed by atoms with E-state index in [1.165, 1.54) is 11.8 Å². The van der Waals surface area contributed by atoms with Crippen molar-refractivity contribution in [3.63, 3.8) is 0 Å². The molecular weight excluding hydrogens is 318 g/mol. The normalized spacial score (nSPS) is 15.2. The largest absolute Gasteiger partial charge is 0.462 e. The number of aromatic amines is 1. The van der Waals surface area contributed by atoms with Gasteiger partial charge in [-0.05, 0) is 37.7 Å². The second kappa shape index (κ2) is 7.96. The van der Waals surface area contributed by atoms with Gasteiger partial charge in [0.2, 0.25) is 5.95 Å². The maximum atomic E-state index is 12.1. The standard InChI is InChI=1S/C19H23N3O3/c1-2-25-18(24)16-13-20-19(21-17(16)23)22-10-8-15(9-11-22)12-14-6-4-3-5-7-14/h3-7,13,15H,2,8-12H2,1H3,(H,20,21,23). The SMILES string of the molecule is CCOC(=O)c1cnc(N2CCC(Cc3ccccc3)CC2)[nH]c1=O. The van der Waals surface area contributed by atoms with E-state index in [4.69, 9.17) is 4.74 Å². The molecule has 1 aliphatic rings. The molecule has 0 radical (unpaired) electrons. The van der Waals surface area contributed by atoms with Crippen LogP contribution in [-0.4, -0.2) is 35.6 Å². The van der Waals surface area contributed by atoms with Crippen LogP contribution in [-0.2, 0) is 11.2 Å². The Bertz CT molecular complexity index is 765. The number of nitrogens with zero attached hydrogens (tertiary/aromatic N) is 2. The molecule has 6 nitrogen and oxygen atoms in total. The molecule has 3 rings (SSSR count). The lowest BCUT2D eigenvalue weighted by molar-refractivity contribution is 0.0523. The van der Waals surface area contributed by atoms with Gasteiger partial charge in [-0.2, -0.15) is 0 Å². The summed E-state index contributed by atoms with van der Waals surface area (Å²) in [5, 5.41) is 0. The quantitative estimate of drug-likeness (QED) is 0.845. The van der Waals surface area contributed by atoms with E-state index in [-0.39, 0.29) is 12.2 Å². The maximum Gasteiger partial charge on any atom is 0.345 e. The van der Waals surface area contributed by atoms with Gasteiger partial charge in [0.05, 0.1) is 12.8 Å². The van der Waals surface area contributed by atoms with E-state index in [0.717, 1.165) is 32.4 Å². The summed E-state index contributed by atoms with van der Waals surface area (Å²) in [6.45, 7) is 3.63. The molecule has 0 aliphatic carbocycles. The molecule has 2 heterocycles. The summed E-state index contributed by atoms with van der Waals surface area (Å²) in [6.07, 6.45) is 4.50. The third-order valence-corrected chi connectivity index (χ3v) is 4.56. The number of rotatable bonds is 5. The summed E-state index contributed by atoms with van der Waals surface area (Å²) in [6, 6.07) is 10.5. The van der Waals surface area contributed by atoms with Gasteiger partial charge in [-0.3, -0.25) is 9.78 Å². The predicted molar refractivity (Wildman–Crippen MR) is 95.9 cm³/mol. The number of ether oxygens (including phenoxy) is 1. The van der Waals surface area contributed by atoms with Crippen LogP contribution >= 0.6 is 0 Å². The first-order valence-corrected chi connectivity index (χ1v) is 8.72. The fourth-order valence-electron chi connectivity index (χ4n) is 3.20. The Hall–Kier alpha value is -2.63. The maximum absolute atomic E-state index is 12.1. The minimum Gasteiger partial charge on any atom is -0.462 e. The molecular formula is C19H23N3O3. The van der Waals surface area contributed by atoms with Crippen LogP contribution < -0.4 is 10.5 Å². The molecule has 1 fully saturated rings. The van der Waals surface area contributed by atoms with Gasteiger partial charge < -0.3 is 9.64 Å². The Morgan fingerprint density at radius 2 is 2.00 bits per heavy atom. The Morgan fingerprint density at radius 1 is 1.28 bits per heavy atom. The molecule has 2 aromatic rings. The minimum atomic E-state index is -0.635. The first-order chi connectivity index (χ1) is 12.2. The van der Waals surface area contributed by atoms with Crippen molar-refractivity contribution in [2.24, 2.45) is 5.92 Å². The molecule has 1 aromatic carbocycles. The Balaban J connectivity index is 1.60. The van der Waals surface area contributed by atoms with Gasteiger partial charge in [0.15, 0.2) is 0 Å². The van der Waals surface area contributed by atoms with Crippen LogP contribution in [0.25, 0.3) is 0 Å². The molecule has 0 saturated carbocycles. The molecule has 0 unspecified atom stereocenters. The van der Waals surface area contributed by atoms with Gasteiger partial charge in [0.1, 0.15) is 5.56 Å². The van der Waals surface area contributed by atoms with Crippen molar-refractivity contribution in [3.05, 3.63) is 58.0 Å². The van der Waals surface area contributed by atoms with Crippen LogP contribution in [0.4, 0.5) is 5.95 Å². The van der Waals surface area contributed by atoms with Crippen LogP contribution in [0.1, 0.15) is 35.7 Å². The summed E-state index contributed by atoms with van der Waals surface area (Å²) in [4.78, 5) is 32.8. The highest BCUT2D eigenvalue weighted by Gasteiger charge is 2.22. The number of esters is 1. The second-order valence-corrected chi connectivity index (χ2v) is 6.29. The highest BCUT2D eigenvalue weighted by molar-refractivity contribution is 5.88. The topological polar surface area (TPSA) is 75.3 Å². The number of benzene rings is 1. The van der Waals surface area contributed by atoms with Gasteiger partial charge in [-0.15, -0.1) is 0 Å². The lowest BCUT2D eigenvalue weighted by Gasteiger charge is -2.32. The average molecular weight is 341 g/mol. The zero-order valence-electron chi connectivity index (χ0n) is 14.4. The fraction of sp³-hybridized carbons (Fsp3) is 0.421. The molecule has 132 valence electrons. The van der Waals surface area contributed by atoms with Crippen molar-refractivity contribution in [3.8, 4) is 0 Å². The number of hydrogen-bond acceptors (Lipinski definition) is 5. The average Bonchev–Trinajstić information content (AvgIpc) is 2.63. The first-order valence-electron chi connectivity index (χ1n) is 8.72. The summed E-state index contributed by atoms with van der Waals surface area (Å²) >= 11 is 0. The van der Waals surface area contributed by atoms with E-state index in [0.29, 0.717) is 11.9 Å². The van der Waals surface area contributed by atoms with Gasteiger partial charge in [0.25, 0.3) is 5.56 Å². The zero-order chi connectivity index (χ0) is 17.6. The number of nitrogens with one attached hydrogen (secondary N) is 1. The zero-order valence-corrected chi connectivity index (χ0v) is 14.4. The van der Waals surface area contributed by atoms with Crippen LogP contribution in [0, 0.1) is 5.92 Å². The summed E-state index contributed by atoms with van der Waals surface area (Å²) < 4.78 is 4.85. The van der Waals surface area contributed by atoms with Crippen LogP contribution in [0.5, 0.6) is 0 Å². The van der Waals surface area contributed by atoms with Gasteiger partial charge in [-0.1, -0.05) is 30.3 Å². The third kappa shape index (κ3) is 4.26. The number of carbonyl (C=O) groups is 1. The second-order valence-electron chi connectivity index (χ2n) is 6.29. The van der Waals surface area contributed by atoms with Crippen molar-refractivity contribution in [1.82, 2.24) is 9.97 Å². The molecule has 1 aromatic heterocycles. The molecule has 1 N–H and O–H groups in total. The highest BCUT2D eigenvalue weighted by Crippen LogP contribution is 2.23. The highest BCUT2D eigenvalue weighted by atomic mass is 16.5. The van der Waals surface area contributed by atoms with E-state index < -0.39 is 11.5 Å². The summed E-state index contributed by atoms with van der Waals surface area (Å²) in [5.74, 6) is 0.532. The Labute approximate surface area is 146 Å². The smallest absolute Gasteiger partial charge is 0.345 e. The van der Waals surface area contributed by atoms with Crippen molar-refractivity contribution < 1.29 is 9.53 Å². The number of carbonyl (C=O) groups excluding carboxylic acids is 1. The van der Waals surface area contributed by atoms with E-state index in [2.05, 4.69) is 39.1 Å². The predicted octanol–water partition coefficient (Wildman–Crippen LogP) is 2.41. The molecule has 1 saturated heterocycles. The van der Waals surface area contributed by atoms with E-state index in [1.807, 2.05) is 6.07 Å². The molecule has 25 heavy (non-hydrogen) atoms. The van der Waals surface area contributed by atoms with Crippen LogP contribution in [0.3, 0.4) is 0 Å². The van der Waals surface area contributed by atoms with Gasteiger partial charge in [-0.25, -0.2) is 9.78 Å². The Morgan fingerprint density at radius 3 is 2.64 bits per heavy atom. The number of anilines is 1. The van der Waals surface area contributed by atoms with E-state index in [9.17, 15) is 9.59 Å². The van der Waals surface area contributed by atoms with Gasteiger partial charge in [0, 0.05) is 13.1 Å². The molecule has 1 aliphatic heterocycles. The molecule has 0 bridgehead atoms. The lowest BCUT2D eigenvalue weighted by atomic mass is 9.90. The van der Waals surface area contributed by atoms with Crippen molar-refractivity contribution >= 4 is 11.9 Å². The van der Waals surface area contributed by atoms with Crippen molar-refractivity contribution in [2.45, 2.75) is 26.2 Å². The number of piperidine rings is 1. The van der Waals surface area contributed by atoms with Gasteiger partial charge >= 0.3 is 5.97 Å². The number of hydrogen-bond donors (Lipinski definition) is 1. The summed E-state index contributed by atoms with van der Waals surface area (Å²) in [5.41, 5.74) is 0.866. The fourth-order valence-corrected chi connectivity index (χ4v) is 3.20. The molecule has 6 heteroatoms. The molecule has 0 atom stereocenters. The van der Waals surface area contributed by atoms with Crippen LogP contribution in [0.2, 0.25) is 0 Å². The molecule has 0 amide bonds. The van der Waals surface area contributed by atoms with E-state index in [1.54, 1.807) is 6.92 Å².